The molecule has 0 fully saturated rings. The molecule has 1 aromatic heterocycles. The molecule has 94 valence electrons. The molecule has 0 unspecified atom stereocenters. The summed E-state index contributed by atoms with van der Waals surface area (Å²) in [6, 6.07) is 4.74. The van der Waals surface area contributed by atoms with E-state index in [0.717, 1.165) is 0 Å². The van der Waals surface area contributed by atoms with Crippen LogP contribution in [0.1, 0.15) is 16.2 Å². The number of benzene rings is 1. The van der Waals surface area contributed by atoms with Gasteiger partial charge in [-0.25, -0.2) is 0 Å². The first-order valence-corrected chi connectivity index (χ1v) is 5.63. The minimum atomic E-state index is -0.257. The number of anilines is 1. The number of nitrogen functional groups attached to an aromatic ring is 1. The summed E-state index contributed by atoms with van der Waals surface area (Å²) in [7, 11) is 0. The van der Waals surface area contributed by atoms with E-state index in [2.05, 4.69) is 20.0 Å². The topological polar surface area (TPSA) is 94.0 Å². The second-order valence-electron chi connectivity index (χ2n) is 3.58. The van der Waals surface area contributed by atoms with E-state index < -0.39 is 0 Å². The highest BCUT2D eigenvalue weighted by Gasteiger charge is 2.09. The minimum Gasteiger partial charge on any atom is -0.398 e. The standard InChI is InChI=1S/C11H11ClN4O2/c12-7-1-2-8(9(13)5-7)11(17)14-4-3-10-15-6-18-16-10/h1-2,5-6H,3-4,13H2,(H,14,17). The van der Waals surface area contributed by atoms with Crippen LogP contribution in [0, 0.1) is 0 Å². The third kappa shape index (κ3) is 2.98. The maximum absolute atomic E-state index is 11.8. The number of hydrogen-bond acceptors (Lipinski definition) is 5. The number of nitrogens with one attached hydrogen (secondary N) is 1. The molecule has 1 aromatic carbocycles. The lowest BCUT2D eigenvalue weighted by Gasteiger charge is -2.06. The smallest absolute Gasteiger partial charge is 0.253 e. The van der Waals surface area contributed by atoms with E-state index in [1.807, 2.05) is 0 Å². The van der Waals surface area contributed by atoms with Gasteiger partial charge in [-0.1, -0.05) is 16.8 Å². The lowest BCUT2D eigenvalue weighted by atomic mass is 10.1. The predicted molar refractivity (Wildman–Crippen MR) is 66.2 cm³/mol. The Kier molecular flexibility index (Phi) is 3.78. The van der Waals surface area contributed by atoms with Crippen LogP contribution < -0.4 is 11.1 Å². The van der Waals surface area contributed by atoms with Gasteiger partial charge in [0.15, 0.2) is 5.82 Å². The van der Waals surface area contributed by atoms with Crippen molar-refractivity contribution in [3.63, 3.8) is 0 Å². The first-order valence-electron chi connectivity index (χ1n) is 5.25. The maximum Gasteiger partial charge on any atom is 0.253 e. The molecule has 3 N–H and O–H groups in total. The molecular weight excluding hydrogens is 256 g/mol. The molecule has 0 atom stereocenters. The van der Waals surface area contributed by atoms with Gasteiger partial charge in [-0.05, 0) is 18.2 Å². The summed E-state index contributed by atoms with van der Waals surface area (Å²) in [6.45, 7) is 0.403. The first-order chi connectivity index (χ1) is 8.66. The molecule has 0 saturated carbocycles. The first kappa shape index (κ1) is 12.4. The predicted octanol–water partition coefficient (Wildman–Crippen LogP) is 1.28. The Hall–Kier alpha value is -2.08. The average molecular weight is 267 g/mol. The zero-order chi connectivity index (χ0) is 13.0. The Bertz CT molecular complexity index is 542. The number of hydrogen-bond donors (Lipinski definition) is 2. The van der Waals surface area contributed by atoms with Crippen molar-refractivity contribution >= 4 is 23.2 Å². The summed E-state index contributed by atoms with van der Waals surface area (Å²) >= 11 is 5.75. The van der Waals surface area contributed by atoms with Crippen LogP contribution in [0.2, 0.25) is 5.02 Å². The Labute approximate surface area is 108 Å². The van der Waals surface area contributed by atoms with Gasteiger partial charge in [0.05, 0.1) is 5.56 Å². The van der Waals surface area contributed by atoms with Crippen LogP contribution in [0.5, 0.6) is 0 Å². The van der Waals surface area contributed by atoms with Crippen LogP contribution in [0.25, 0.3) is 0 Å². The molecule has 0 aliphatic rings. The molecule has 7 heteroatoms. The minimum absolute atomic E-state index is 0.257. The van der Waals surface area contributed by atoms with Crippen molar-refractivity contribution in [3.8, 4) is 0 Å². The summed E-state index contributed by atoms with van der Waals surface area (Å²) in [6.07, 6.45) is 1.74. The van der Waals surface area contributed by atoms with Gasteiger partial charge in [0.1, 0.15) is 0 Å². The molecule has 2 aromatic rings. The van der Waals surface area contributed by atoms with Gasteiger partial charge in [0.2, 0.25) is 6.39 Å². The number of aromatic nitrogens is 2. The molecule has 0 radical (unpaired) electrons. The maximum atomic E-state index is 11.8. The number of amides is 1. The fourth-order valence-electron chi connectivity index (χ4n) is 1.43. The normalized spacial score (nSPS) is 10.3. The van der Waals surface area contributed by atoms with Gasteiger partial charge in [-0.3, -0.25) is 4.79 Å². The zero-order valence-electron chi connectivity index (χ0n) is 9.39. The molecular formula is C11H11ClN4O2. The van der Waals surface area contributed by atoms with E-state index >= 15 is 0 Å². The fourth-order valence-corrected chi connectivity index (χ4v) is 1.61. The molecule has 0 aliphatic heterocycles. The van der Waals surface area contributed by atoms with Crippen LogP contribution in [-0.2, 0) is 6.42 Å². The third-order valence-corrected chi connectivity index (χ3v) is 2.53. The number of halogens is 1. The Balaban J connectivity index is 1.91. The highest BCUT2D eigenvalue weighted by atomic mass is 35.5. The quantitative estimate of drug-likeness (QED) is 0.813. The molecule has 0 bridgehead atoms. The van der Waals surface area contributed by atoms with Gasteiger partial charge in [0, 0.05) is 23.7 Å². The van der Waals surface area contributed by atoms with E-state index in [1.54, 1.807) is 12.1 Å². The van der Waals surface area contributed by atoms with Crippen molar-refractivity contribution in [2.75, 3.05) is 12.3 Å². The summed E-state index contributed by atoms with van der Waals surface area (Å²) < 4.78 is 4.58. The van der Waals surface area contributed by atoms with Gasteiger partial charge >= 0.3 is 0 Å². The van der Waals surface area contributed by atoms with Crippen molar-refractivity contribution in [1.29, 1.82) is 0 Å². The molecule has 1 heterocycles. The number of nitrogens with zero attached hydrogens (tertiary/aromatic N) is 2. The van der Waals surface area contributed by atoms with Crippen molar-refractivity contribution in [2.45, 2.75) is 6.42 Å². The van der Waals surface area contributed by atoms with Crippen molar-refractivity contribution < 1.29 is 9.32 Å². The molecule has 6 nitrogen and oxygen atoms in total. The average Bonchev–Trinajstić information content (AvgIpc) is 2.81. The molecule has 0 saturated heterocycles. The van der Waals surface area contributed by atoms with Gasteiger partial charge in [-0.2, -0.15) is 4.98 Å². The number of nitrogens with two attached hydrogens (primary N) is 1. The van der Waals surface area contributed by atoms with Crippen molar-refractivity contribution in [1.82, 2.24) is 15.5 Å². The lowest BCUT2D eigenvalue weighted by Crippen LogP contribution is -2.26. The van der Waals surface area contributed by atoms with E-state index in [9.17, 15) is 4.79 Å². The molecule has 1 amide bonds. The molecule has 18 heavy (non-hydrogen) atoms. The molecule has 2 rings (SSSR count). The van der Waals surface area contributed by atoms with Crippen LogP contribution in [0.4, 0.5) is 5.69 Å². The summed E-state index contributed by atoms with van der Waals surface area (Å²) in [5.41, 5.74) is 6.45. The van der Waals surface area contributed by atoms with E-state index in [4.69, 9.17) is 17.3 Å². The fraction of sp³-hybridized carbons (Fsp3) is 0.182. The third-order valence-electron chi connectivity index (χ3n) is 2.30. The summed E-state index contributed by atoms with van der Waals surface area (Å²) in [5, 5.41) is 6.85. The van der Waals surface area contributed by atoms with Gasteiger partial charge in [0.25, 0.3) is 5.91 Å². The molecule has 0 aliphatic carbocycles. The van der Waals surface area contributed by atoms with Crippen LogP contribution >= 0.6 is 11.6 Å². The molecule has 0 spiro atoms. The second-order valence-corrected chi connectivity index (χ2v) is 4.02. The monoisotopic (exact) mass is 266 g/mol. The summed E-state index contributed by atoms with van der Waals surface area (Å²) in [4.78, 5) is 15.7. The lowest BCUT2D eigenvalue weighted by molar-refractivity contribution is 0.0955. The van der Waals surface area contributed by atoms with Crippen molar-refractivity contribution in [2.24, 2.45) is 0 Å². The Morgan fingerprint density at radius 2 is 2.33 bits per heavy atom. The zero-order valence-corrected chi connectivity index (χ0v) is 10.1. The SMILES string of the molecule is Nc1cc(Cl)ccc1C(=O)NCCc1ncon1. The Morgan fingerprint density at radius 1 is 1.50 bits per heavy atom. The van der Waals surface area contributed by atoms with E-state index in [-0.39, 0.29) is 5.91 Å². The number of carbonyl (C=O) groups is 1. The Morgan fingerprint density at radius 3 is 3.00 bits per heavy atom. The largest absolute Gasteiger partial charge is 0.398 e. The van der Waals surface area contributed by atoms with Crippen molar-refractivity contribution in [3.05, 3.63) is 41.0 Å². The number of carbonyl (C=O) groups excluding carboxylic acids is 1. The highest BCUT2D eigenvalue weighted by molar-refractivity contribution is 6.31. The number of rotatable bonds is 4. The highest BCUT2D eigenvalue weighted by Crippen LogP contribution is 2.17. The second kappa shape index (κ2) is 5.50. The van der Waals surface area contributed by atoms with Gasteiger partial charge in [-0.15, -0.1) is 0 Å². The summed E-state index contributed by atoms with van der Waals surface area (Å²) in [5.74, 6) is 0.284. The van der Waals surface area contributed by atoms with Gasteiger partial charge < -0.3 is 15.6 Å². The van der Waals surface area contributed by atoms with E-state index in [0.29, 0.717) is 35.1 Å². The van der Waals surface area contributed by atoms with Crippen LogP contribution in [-0.4, -0.2) is 22.6 Å². The van der Waals surface area contributed by atoms with E-state index in [1.165, 1.54) is 12.5 Å². The van der Waals surface area contributed by atoms with Crippen LogP contribution in [0.3, 0.4) is 0 Å². The van der Waals surface area contributed by atoms with Crippen LogP contribution in [0.15, 0.2) is 29.1 Å².